The number of rotatable bonds is 6. The molecule has 6 heteroatoms. The summed E-state index contributed by atoms with van der Waals surface area (Å²) in [5, 5.41) is 5.53. The molecule has 1 aromatic carbocycles. The van der Waals surface area contributed by atoms with Crippen molar-refractivity contribution < 1.29 is 9.59 Å². The van der Waals surface area contributed by atoms with Gasteiger partial charge in [-0.15, -0.1) is 11.3 Å². The van der Waals surface area contributed by atoms with Crippen LogP contribution >= 0.6 is 22.9 Å². The Morgan fingerprint density at radius 3 is 2.62 bits per heavy atom. The van der Waals surface area contributed by atoms with E-state index < -0.39 is 0 Å². The molecule has 0 saturated carbocycles. The number of ketones is 1. The third kappa shape index (κ3) is 4.95. The van der Waals surface area contributed by atoms with Crippen molar-refractivity contribution in [3.63, 3.8) is 0 Å². The van der Waals surface area contributed by atoms with Crippen LogP contribution in [0.5, 0.6) is 0 Å². The van der Waals surface area contributed by atoms with E-state index in [0.29, 0.717) is 22.3 Å². The lowest BCUT2D eigenvalue weighted by atomic mass is 10.1. The Bertz CT molecular complexity index is 637. The first-order valence-corrected chi connectivity index (χ1v) is 7.81. The van der Waals surface area contributed by atoms with Crippen molar-refractivity contribution >= 4 is 39.8 Å². The van der Waals surface area contributed by atoms with Gasteiger partial charge in [-0.25, -0.2) is 4.98 Å². The zero-order chi connectivity index (χ0) is 15.2. The summed E-state index contributed by atoms with van der Waals surface area (Å²) in [6, 6.07) is 7.60. The van der Waals surface area contributed by atoms with Crippen molar-refractivity contribution in [2.45, 2.75) is 26.2 Å². The summed E-state index contributed by atoms with van der Waals surface area (Å²) in [5.41, 5.74) is 1.54. The molecule has 0 atom stereocenters. The minimum Gasteiger partial charge on any atom is -0.302 e. The first kappa shape index (κ1) is 15.7. The lowest BCUT2D eigenvalue weighted by molar-refractivity contribution is -0.116. The smallest absolute Gasteiger partial charge is 0.226 e. The van der Waals surface area contributed by atoms with Gasteiger partial charge < -0.3 is 5.32 Å². The van der Waals surface area contributed by atoms with Crippen LogP contribution in [0.15, 0.2) is 29.6 Å². The standard InChI is InChI=1S/C15H15ClN2O2S/c1-10(19)13-9-21-15(17-13)18-14(20)4-2-3-11-5-7-12(16)8-6-11/h5-9H,2-4H2,1H3,(H,17,18,20). The van der Waals surface area contributed by atoms with Gasteiger partial charge >= 0.3 is 0 Å². The SMILES string of the molecule is CC(=O)c1csc(NC(=O)CCCc2ccc(Cl)cc2)n1. The first-order valence-electron chi connectivity index (χ1n) is 6.55. The predicted octanol–water partition coefficient (Wildman–Crippen LogP) is 3.96. The molecule has 0 fully saturated rings. The number of Topliss-reactive ketones (excluding diaryl/α,β-unsaturated/α-hetero) is 1. The minimum atomic E-state index is -0.102. The molecule has 0 saturated heterocycles. The Morgan fingerprint density at radius 1 is 1.29 bits per heavy atom. The highest BCUT2D eigenvalue weighted by molar-refractivity contribution is 7.14. The number of thiazole rings is 1. The maximum absolute atomic E-state index is 11.8. The normalized spacial score (nSPS) is 10.4. The zero-order valence-electron chi connectivity index (χ0n) is 11.6. The number of hydrogen-bond donors (Lipinski definition) is 1. The molecular weight excluding hydrogens is 308 g/mol. The van der Waals surface area contributed by atoms with Crippen LogP contribution < -0.4 is 5.32 Å². The maximum atomic E-state index is 11.8. The Labute approximate surface area is 132 Å². The second kappa shape index (κ2) is 7.33. The van der Waals surface area contributed by atoms with Gasteiger partial charge in [0.15, 0.2) is 10.9 Å². The molecule has 0 radical (unpaired) electrons. The molecule has 110 valence electrons. The van der Waals surface area contributed by atoms with E-state index in [2.05, 4.69) is 10.3 Å². The zero-order valence-corrected chi connectivity index (χ0v) is 13.1. The number of anilines is 1. The number of nitrogens with zero attached hydrogens (tertiary/aromatic N) is 1. The number of aryl methyl sites for hydroxylation is 1. The number of aromatic nitrogens is 1. The molecule has 0 bridgehead atoms. The molecular formula is C15H15ClN2O2S. The molecule has 0 aliphatic heterocycles. The average Bonchev–Trinajstić information content (AvgIpc) is 2.90. The summed E-state index contributed by atoms with van der Waals surface area (Å²) < 4.78 is 0. The van der Waals surface area contributed by atoms with E-state index in [4.69, 9.17) is 11.6 Å². The fourth-order valence-corrected chi connectivity index (χ4v) is 2.67. The summed E-state index contributed by atoms with van der Waals surface area (Å²) in [6.07, 6.45) is 1.98. The van der Waals surface area contributed by atoms with Gasteiger partial charge in [-0.05, 0) is 30.5 Å². The van der Waals surface area contributed by atoms with E-state index in [1.54, 1.807) is 5.38 Å². The van der Waals surface area contributed by atoms with Crippen LogP contribution in [-0.2, 0) is 11.2 Å². The van der Waals surface area contributed by atoms with Crippen molar-refractivity contribution in [3.8, 4) is 0 Å². The van der Waals surface area contributed by atoms with E-state index in [0.717, 1.165) is 18.4 Å². The molecule has 1 heterocycles. The lowest BCUT2D eigenvalue weighted by Gasteiger charge is -2.02. The van der Waals surface area contributed by atoms with E-state index in [1.165, 1.54) is 18.3 Å². The van der Waals surface area contributed by atoms with E-state index in [9.17, 15) is 9.59 Å². The number of nitrogens with one attached hydrogen (secondary N) is 1. The summed E-state index contributed by atoms with van der Waals surface area (Å²) in [7, 11) is 0. The van der Waals surface area contributed by atoms with Crippen LogP contribution in [0.4, 0.5) is 5.13 Å². The second-order valence-electron chi connectivity index (χ2n) is 4.62. The van der Waals surface area contributed by atoms with E-state index >= 15 is 0 Å². The van der Waals surface area contributed by atoms with Gasteiger partial charge in [-0.3, -0.25) is 9.59 Å². The molecule has 1 amide bonds. The molecule has 4 nitrogen and oxygen atoms in total. The van der Waals surface area contributed by atoms with Gasteiger partial charge in [0, 0.05) is 23.7 Å². The Balaban J connectivity index is 1.76. The number of halogens is 1. The van der Waals surface area contributed by atoms with Gasteiger partial charge in [0.2, 0.25) is 5.91 Å². The fraction of sp³-hybridized carbons (Fsp3) is 0.267. The molecule has 21 heavy (non-hydrogen) atoms. The number of benzene rings is 1. The van der Waals surface area contributed by atoms with Gasteiger partial charge in [0.25, 0.3) is 0 Å². The number of carbonyl (C=O) groups excluding carboxylic acids is 2. The summed E-state index contributed by atoms with van der Waals surface area (Å²) >= 11 is 7.08. The van der Waals surface area contributed by atoms with Crippen molar-refractivity contribution in [1.82, 2.24) is 4.98 Å². The van der Waals surface area contributed by atoms with Gasteiger partial charge in [-0.2, -0.15) is 0 Å². The third-order valence-electron chi connectivity index (χ3n) is 2.89. The van der Waals surface area contributed by atoms with E-state index in [-0.39, 0.29) is 11.7 Å². The van der Waals surface area contributed by atoms with Crippen molar-refractivity contribution in [1.29, 1.82) is 0 Å². The maximum Gasteiger partial charge on any atom is 0.226 e. The van der Waals surface area contributed by atoms with Crippen LogP contribution in [-0.4, -0.2) is 16.7 Å². The Morgan fingerprint density at radius 2 is 2.00 bits per heavy atom. The largest absolute Gasteiger partial charge is 0.302 e. The molecule has 1 N–H and O–H groups in total. The molecule has 0 unspecified atom stereocenters. The van der Waals surface area contributed by atoms with E-state index in [1.807, 2.05) is 24.3 Å². The van der Waals surface area contributed by atoms with Crippen LogP contribution in [0.3, 0.4) is 0 Å². The van der Waals surface area contributed by atoms with Crippen LogP contribution in [0.25, 0.3) is 0 Å². The van der Waals surface area contributed by atoms with Crippen LogP contribution in [0.1, 0.15) is 35.8 Å². The first-order chi connectivity index (χ1) is 10.0. The number of carbonyl (C=O) groups is 2. The summed E-state index contributed by atoms with van der Waals surface area (Å²) in [6.45, 7) is 1.45. The van der Waals surface area contributed by atoms with Crippen LogP contribution in [0.2, 0.25) is 5.02 Å². The molecule has 0 aliphatic carbocycles. The highest BCUT2D eigenvalue weighted by Crippen LogP contribution is 2.16. The predicted molar refractivity (Wildman–Crippen MR) is 85.1 cm³/mol. The second-order valence-corrected chi connectivity index (χ2v) is 5.92. The van der Waals surface area contributed by atoms with Crippen LogP contribution in [0, 0.1) is 0 Å². The van der Waals surface area contributed by atoms with Gasteiger partial charge in [0.05, 0.1) is 0 Å². The molecule has 2 rings (SSSR count). The minimum absolute atomic E-state index is 0.0894. The quantitative estimate of drug-likeness (QED) is 0.819. The topological polar surface area (TPSA) is 59.1 Å². The lowest BCUT2D eigenvalue weighted by Crippen LogP contribution is -2.11. The Hall–Kier alpha value is -1.72. The average molecular weight is 323 g/mol. The third-order valence-corrected chi connectivity index (χ3v) is 3.90. The highest BCUT2D eigenvalue weighted by atomic mass is 35.5. The van der Waals surface area contributed by atoms with Crippen molar-refractivity contribution in [2.75, 3.05) is 5.32 Å². The number of hydrogen-bond acceptors (Lipinski definition) is 4. The molecule has 2 aromatic rings. The summed E-state index contributed by atoms with van der Waals surface area (Å²) in [5.74, 6) is -0.192. The highest BCUT2D eigenvalue weighted by Gasteiger charge is 2.09. The Kier molecular flexibility index (Phi) is 5.47. The van der Waals surface area contributed by atoms with Crippen molar-refractivity contribution in [3.05, 3.63) is 45.9 Å². The van der Waals surface area contributed by atoms with Gasteiger partial charge in [0.1, 0.15) is 5.69 Å². The number of amides is 1. The fourth-order valence-electron chi connectivity index (χ4n) is 1.78. The van der Waals surface area contributed by atoms with Crippen molar-refractivity contribution in [2.24, 2.45) is 0 Å². The monoisotopic (exact) mass is 322 g/mol. The molecule has 0 aliphatic rings. The van der Waals surface area contributed by atoms with Gasteiger partial charge in [-0.1, -0.05) is 23.7 Å². The molecule has 1 aromatic heterocycles. The summed E-state index contributed by atoms with van der Waals surface area (Å²) in [4.78, 5) is 27.0. The molecule has 0 spiro atoms.